The summed E-state index contributed by atoms with van der Waals surface area (Å²) >= 11 is 0. The van der Waals surface area contributed by atoms with Gasteiger partial charge in [0, 0.05) is 11.6 Å². The second-order valence-electron chi connectivity index (χ2n) is 2.69. The molecule has 0 saturated carbocycles. The molecule has 13 heavy (non-hydrogen) atoms. The Kier molecular flexibility index (Phi) is 2.83. The maximum Gasteiger partial charge on any atom is 0.168 e. The molecule has 0 saturated heterocycles. The Morgan fingerprint density at radius 2 is 2.00 bits per heavy atom. The van der Waals surface area contributed by atoms with Gasteiger partial charge in [-0.3, -0.25) is 0 Å². The van der Waals surface area contributed by atoms with Gasteiger partial charge in [-0.2, -0.15) is 0 Å². The third-order valence-electron chi connectivity index (χ3n) is 1.69. The van der Waals surface area contributed by atoms with Gasteiger partial charge in [-0.25, -0.2) is 8.78 Å². The van der Waals surface area contributed by atoms with Gasteiger partial charge < -0.3 is 9.84 Å². The lowest BCUT2D eigenvalue weighted by molar-refractivity contribution is 0.192. The highest BCUT2D eigenvalue weighted by atomic mass is 19.1. The number of ether oxygens (including phenoxy) is 1. The minimum Gasteiger partial charge on any atom is -0.493 e. The lowest BCUT2D eigenvalue weighted by atomic mass is 10.1. The van der Waals surface area contributed by atoms with E-state index in [1.165, 1.54) is 14.0 Å². The van der Waals surface area contributed by atoms with E-state index in [1.54, 1.807) is 0 Å². The number of hydrogen-bond acceptors (Lipinski definition) is 2. The number of halogens is 2. The molecule has 0 spiro atoms. The van der Waals surface area contributed by atoms with Crippen LogP contribution < -0.4 is 4.74 Å². The van der Waals surface area contributed by atoms with Crippen molar-refractivity contribution in [2.24, 2.45) is 0 Å². The zero-order chi connectivity index (χ0) is 10.0. The summed E-state index contributed by atoms with van der Waals surface area (Å²) in [6, 6.07) is 1.76. The third-order valence-corrected chi connectivity index (χ3v) is 1.69. The molecule has 0 amide bonds. The van der Waals surface area contributed by atoms with Gasteiger partial charge in [0.05, 0.1) is 13.2 Å². The summed E-state index contributed by atoms with van der Waals surface area (Å²) in [6.07, 6.45) is -0.958. The van der Waals surface area contributed by atoms with Crippen molar-refractivity contribution in [1.82, 2.24) is 0 Å². The first kappa shape index (κ1) is 9.92. The van der Waals surface area contributed by atoms with Gasteiger partial charge in [0.1, 0.15) is 5.82 Å². The van der Waals surface area contributed by atoms with E-state index in [2.05, 4.69) is 0 Å². The molecule has 2 nitrogen and oxygen atoms in total. The van der Waals surface area contributed by atoms with Crippen LogP contribution in [-0.2, 0) is 0 Å². The number of hydrogen-bond donors (Lipinski definition) is 1. The summed E-state index contributed by atoms with van der Waals surface area (Å²) in [5, 5.41) is 9.17. The average Bonchev–Trinajstić information content (AvgIpc) is 2.02. The van der Waals surface area contributed by atoms with E-state index in [-0.39, 0.29) is 11.3 Å². The van der Waals surface area contributed by atoms with E-state index in [4.69, 9.17) is 4.74 Å². The van der Waals surface area contributed by atoms with Crippen molar-refractivity contribution >= 4 is 0 Å². The minimum atomic E-state index is -0.958. The molecule has 0 aliphatic rings. The van der Waals surface area contributed by atoms with Crippen molar-refractivity contribution in [3.8, 4) is 5.75 Å². The number of aliphatic hydroxyl groups excluding tert-OH is 1. The molecule has 0 aromatic heterocycles. The Hall–Kier alpha value is -1.16. The average molecular weight is 188 g/mol. The Bertz CT molecular complexity index is 311. The Labute approximate surface area is 74.8 Å². The van der Waals surface area contributed by atoms with Crippen molar-refractivity contribution in [3.05, 3.63) is 29.3 Å². The van der Waals surface area contributed by atoms with Crippen LogP contribution in [0.4, 0.5) is 8.78 Å². The van der Waals surface area contributed by atoms with Crippen LogP contribution in [0.5, 0.6) is 5.75 Å². The molecule has 4 heteroatoms. The molecule has 0 aliphatic carbocycles. The molecule has 1 aromatic rings. The summed E-state index contributed by atoms with van der Waals surface area (Å²) in [7, 11) is 1.27. The first-order chi connectivity index (χ1) is 6.06. The van der Waals surface area contributed by atoms with Crippen LogP contribution in [-0.4, -0.2) is 12.2 Å². The first-order valence-corrected chi connectivity index (χ1v) is 3.77. The maximum atomic E-state index is 13.0. The van der Waals surface area contributed by atoms with Crippen LogP contribution in [0.3, 0.4) is 0 Å². The lowest BCUT2D eigenvalue weighted by Crippen LogP contribution is -2.00. The molecule has 0 aliphatic heterocycles. The fourth-order valence-electron chi connectivity index (χ4n) is 1.11. The number of rotatable bonds is 2. The standard InChI is InChI=1S/C9H10F2O2/c1-5(12)7-3-6(10)4-8(11)9(7)13-2/h3-5,12H,1-2H3/t5-/m0/s1. The molecule has 0 radical (unpaired) electrons. The van der Waals surface area contributed by atoms with Gasteiger partial charge in [-0.15, -0.1) is 0 Å². The summed E-state index contributed by atoms with van der Waals surface area (Å²) in [5.41, 5.74) is 0.111. The van der Waals surface area contributed by atoms with Crippen LogP contribution >= 0.6 is 0 Å². The topological polar surface area (TPSA) is 29.5 Å². The SMILES string of the molecule is COc1c(F)cc(F)cc1[C@H](C)O. The lowest BCUT2D eigenvalue weighted by Gasteiger charge is -2.11. The van der Waals surface area contributed by atoms with Crippen LogP contribution in [0.1, 0.15) is 18.6 Å². The number of aliphatic hydroxyl groups is 1. The van der Waals surface area contributed by atoms with Crippen molar-refractivity contribution in [2.45, 2.75) is 13.0 Å². The summed E-state index contributed by atoms with van der Waals surface area (Å²) < 4.78 is 30.4. The predicted octanol–water partition coefficient (Wildman–Crippen LogP) is 2.03. The van der Waals surface area contributed by atoms with Crippen LogP contribution in [0.25, 0.3) is 0 Å². The highest BCUT2D eigenvalue weighted by molar-refractivity contribution is 5.36. The van der Waals surface area contributed by atoms with E-state index < -0.39 is 17.7 Å². The monoisotopic (exact) mass is 188 g/mol. The van der Waals surface area contributed by atoms with Crippen LogP contribution in [0, 0.1) is 11.6 Å². The third kappa shape index (κ3) is 1.95. The molecule has 0 fully saturated rings. The van der Waals surface area contributed by atoms with Crippen molar-refractivity contribution in [2.75, 3.05) is 7.11 Å². The van der Waals surface area contributed by atoms with E-state index in [9.17, 15) is 13.9 Å². The smallest absolute Gasteiger partial charge is 0.168 e. The van der Waals surface area contributed by atoms with E-state index in [0.717, 1.165) is 6.07 Å². The second-order valence-corrected chi connectivity index (χ2v) is 2.69. The highest BCUT2D eigenvalue weighted by Gasteiger charge is 2.15. The molecule has 1 N–H and O–H groups in total. The largest absolute Gasteiger partial charge is 0.493 e. The Morgan fingerprint density at radius 1 is 1.38 bits per heavy atom. The normalized spacial score (nSPS) is 12.7. The van der Waals surface area contributed by atoms with Crippen molar-refractivity contribution in [1.29, 1.82) is 0 Å². The van der Waals surface area contributed by atoms with Crippen molar-refractivity contribution in [3.63, 3.8) is 0 Å². The summed E-state index contributed by atoms with van der Waals surface area (Å²) in [4.78, 5) is 0. The van der Waals surface area contributed by atoms with Gasteiger partial charge in [0.25, 0.3) is 0 Å². The van der Waals surface area contributed by atoms with Crippen LogP contribution in [0.2, 0.25) is 0 Å². The van der Waals surface area contributed by atoms with Gasteiger partial charge in [0.2, 0.25) is 0 Å². The fraction of sp³-hybridized carbons (Fsp3) is 0.333. The summed E-state index contributed by atoms with van der Waals surface area (Å²) in [5.74, 6) is -1.65. The van der Waals surface area contributed by atoms with Crippen LogP contribution in [0.15, 0.2) is 12.1 Å². The number of benzene rings is 1. The first-order valence-electron chi connectivity index (χ1n) is 3.77. The molecule has 72 valence electrons. The van der Waals surface area contributed by atoms with Crippen molar-refractivity contribution < 1.29 is 18.6 Å². The molecule has 1 rings (SSSR count). The van der Waals surface area contributed by atoms with E-state index in [1.807, 2.05) is 0 Å². The number of methoxy groups -OCH3 is 1. The quantitative estimate of drug-likeness (QED) is 0.769. The van der Waals surface area contributed by atoms with Gasteiger partial charge in [-0.1, -0.05) is 0 Å². The molecule has 1 atom stereocenters. The Balaban J connectivity index is 3.29. The van der Waals surface area contributed by atoms with E-state index >= 15 is 0 Å². The molecule has 1 aromatic carbocycles. The van der Waals surface area contributed by atoms with Gasteiger partial charge in [0.15, 0.2) is 11.6 Å². The zero-order valence-electron chi connectivity index (χ0n) is 7.34. The molecule has 0 heterocycles. The molecule has 0 unspecified atom stereocenters. The maximum absolute atomic E-state index is 13.0. The summed E-state index contributed by atoms with van der Waals surface area (Å²) in [6.45, 7) is 1.41. The highest BCUT2D eigenvalue weighted by Crippen LogP contribution is 2.28. The molecular weight excluding hydrogens is 178 g/mol. The van der Waals surface area contributed by atoms with Gasteiger partial charge in [-0.05, 0) is 13.0 Å². The predicted molar refractivity (Wildman–Crippen MR) is 43.5 cm³/mol. The zero-order valence-corrected chi connectivity index (χ0v) is 7.34. The Morgan fingerprint density at radius 3 is 2.46 bits per heavy atom. The molecular formula is C9H10F2O2. The fourth-order valence-corrected chi connectivity index (χ4v) is 1.11. The molecule has 0 bridgehead atoms. The minimum absolute atomic E-state index is 0.111. The van der Waals surface area contributed by atoms with Gasteiger partial charge >= 0.3 is 0 Å². The van der Waals surface area contributed by atoms with E-state index in [0.29, 0.717) is 6.07 Å². The second kappa shape index (κ2) is 3.70.